The van der Waals surface area contributed by atoms with E-state index in [1.54, 1.807) is 0 Å². The van der Waals surface area contributed by atoms with E-state index in [2.05, 4.69) is 11.5 Å². The molecule has 0 aliphatic rings. The fourth-order valence-corrected chi connectivity index (χ4v) is 0. The van der Waals surface area contributed by atoms with Crippen LogP contribution >= 0.6 is 0 Å². The van der Waals surface area contributed by atoms with Crippen molar-refractivity contribution in [3.63, 3.8) is 0 Å². The van der Waals surface area contributed by atoms with E-state index in [0.29, 0.717) is 0 Å². The van der Waals surface area contributed by atoms with E-state index in [-0.39, 0.29) is 13.7 Å². The summed E-state index contributed by atoms with van der Waals surface area (Å²) in [5.41, 5.74) is 0. The Morgan fingerprint density at radius 2 is 1.50 bits per heavy atom. The Morgan fingerprint density at radius 3 is 1.50 bits per heavy atom. The van der Waals surface area contributed by atoms with Gasteiger partial charge in [-0.1, -0.05) is 0 Å². The third-order valence-electron chi connectivity index (χ3n) is 0. The summed E-state index contributed by atoms with van der Waals surface area (Å²) in [6.07, 6.45) is 0. The second-order valence-electron chi connectivity index (χ2n) is 1.73. The molecule has 0 fully saturated rings. The van der Waals surface area contributed by atoms with Gasteiger partial charge in [0, 0.05) is 0 Å². The SMILES string of the molecule is [CH3][GeH]([CH3])[SiH3]. The van der Waals surface area contributed by atoms with Crippen molar-refractivity contribution in [2.75, 3.05) is 0 Å². The van der Waals surface area contributed by atoms with Gasteiger partial charge in [0.05, 0.1) is 0 Å². The molecule has 2 heteroatoms. The molecule has 0 saturated carbocycles. The number of hydrogen-bond donors (Lipinski definition) is 0. The fourth-order valence-electron chi connectivity index (χ4n) is 0. The van der Waals surface area contributed by atoms with Crippen molar-refractivity contribution in [2.45, 2.75) is 11.5 Å². The van der Waals surface area contributed by atoms with Crippen LogP contribution in [0.1, 0.15) is 0 Å². The van der Waals surface area contributed by atoms with Crippen LogP contribution in [0.2, 0.25) is 11.5 Å². The summed E-state index contributed by atoms with van der Waals surface area (Å²) in [7, 11) is 1.54. The first-order valence-electron chi connectivity index (χ1n) is 1.73. The van der Waals surface area contributed by atoms with E-state index in [0.717, 1.165) is 0 Å². The Kier molecular flexibility index (Phi) is 2.41. The van der Waals surface area contributed by atoms with Crippen LogP contribution in [-0.4, -0.2) is 22.5 Å². The summed E-state index contributed by atoms with van der Waals surface area (Å²) in [6.45, 7) is 0. The summed E-state index contributed by atoms with van der Waals surface area (Å²) in [6, 6.07) is 0. The molecule has 0 bridgehead atoms. The summed E-state index contributed by atoms with van der Waals surface area (Å²) >= 11 is -0.340. The van der Waals surface area contributed by atoms with Gasteiger partial charge in [-0.2, -0.15) is 0 Å². The molecule has 0 N–H and O–H groups in total. The first kappa shape index (κ1) is 4.76. The molecule has 0 rings (SSSR count). The van der Waals surface area contributed by atoms with E-state index in [1.807, 2.05) is 0 Å². The monoisotopic (exact) mass is 136 g/mol. The molecule has 0 aliphatic heterocycles. The molecule has 0 nitrogen and oxygen atoms in total. The molecule has 26 valence electrons. The van der Waals surface area contributed by atoms with Gasteiger partial charge in [-0.05, 0) is 0 Å². The second-order valence-corrected chi connectivity index (χ2v) is 21.0. The van der Waals surface area contributed by atoms with Crippen LogP contribution in [0.25, 0.3) is 0 Å². The molecule has 0 saturated heterocycles. The Balaban J connectivity index is 2.32. The van der Waals surface area contributed by atoms with Gasteiger partial charge in [0.2, 0.25) is 0 Å². The molecular formula is C2H10GeSi. The van der Waals surface area contributed by atoms with Gasteiger partial charge in [-0.15, -0.1) is 0 Å². The molecule has 0 heterocycles. The quantitative estimate of drug-likeness (QED) is 0.386. The normalized spacial score (nSPS) is 9.75. The third kappa shape index (κ3) is 14.8. The molecule has 0 unspecified atom stereocenters. The average Bonchev–Trinajstić information content (AvgIpc) is 0.811. The molecule has 0 radical (unpaired) electrons. The van der Waals surface area contributed by atoms with E-state index < -0.39 is 0 Å². The molecule has 0 amide bonds. The summed E-state index contributed by atoms with van der Waals surface area (Å²) in [5.74, 6) is 4.83. The Labute approximate surface area is 34.5 Å². The van der Waals surface area contributed by atoms with Crippen molar-refractivity contribution < 1.29 is 0 Å². The van der Waals surface area contributed by atoms with Crippen molar-refractivity contribution in [3.8, 4) is 0 Å². The summed E-state index contributed by atoms with van der Waals surface area (Å²) < 4.78 is 0. The molecule has 0 aromatic rings. The fraction of sp³-hybridized carbons (Fsp3) is 1.00. The summed E-state index contributed by atoms with van der Waals surface area (Å²) in [4.78, 5) is 0. The Morgan fingerprint density at radius 1 is 1.50 bits per heavy atom. The maximum atomic E-state index is 2.42. The van der Waals surface area contributed by atoms with Gasteiger partial charge in [-0.3, -0.25) is 0 Å². The standard InChI is InChI=1S/C2H10GeSi/c1-3(2)4/h3H,1-2,4H3. The first-order chi connectivity index (χ1) is 1.73. The van der Waals surface area contributed by atoms with Gasteiger partial charge in [0.1, 0.15) is 0 Å². The zero-order valence-electron chi connectivity index (χ0n) is 3.58. The zero-order chi connectivity index (χ0) is 3.58. The minimum absolute atomic E-state index is 0.340. The van der Waals surface area contributed by atoms with E-state index >= 15 is 0 Å². The van der Waals surface area contributed by atoms with Crippen LogP contribution in [0.3, 0.4) is 0 Å². The van der Waals surface area contributed by atoms with Gasteiger partial charge in [0.25, 0.3) is 0 Å². The van der Waals surface area contributed by atoms with E-state index in [4.69, 9.17) is 0 Å². The predicted molar refractivity (Wildman–Crippen MR) is 28.8 cm³/mol. The van der Waals surface area contributed by atoms with Gasteiger partial charge in [0.15, 0.2) is 0 Å². The number of hydrogen-bond acceptors (Lipinski definition) is 0. The van der Waals surface area contributed by atoms with Gasteiger partial charge in [-0.25, -0.2) is 0 Å². The molecule has 4 heavy (non-hydrogen) atoms. The van der Waals surface area contributed by atoms with Crippen LogP contribution in [0.4, 0.5) is 0 Å². The molecule has 0 atom stereocenters. The minimum atomic E-state index is -0.340. The maximum absolute atomic E-state index is 2.42. The topological polar surface area (TPSA) is 0 Å². The van der Waals surface area contributed by atoms with Crippen molar-refractivity contribution >= 4 is 22.5 Å². The van der Waals surface area contributed by atoms with Crippen LogP contribution in [0, 0.1) is 0 Å². The zero-order valence-corrected chi connectivity index (χ0v) is 8.00. The van der Waals surface area contributed by atoms with Crippen LogP contribution in [-0.2, 0) is 0 Å². The van der Waals surface area contributed by atoms with Crippen LogP contribution in [0.5, 0.6) is 0 Å². The average molecular weight is 135 g/mol. The van der Waals surface area contributed by atoms with Crippen molar-refractivity contribution in [2.24, 2.45) is 0 Å². The van der Waals surface area contributed by atoms with Crippen molar-refractivity contribution in [1.82, 2.24) is 0 Å². The second kappa shape index (κ2) is 2.03. The molecule has 0 aliphatic carbocycles. The van der Waals surface area contributed by atoms with Crippen LogP contribution < -0.4 is 0 Å². The number of rotatable bonds is 0. The molecule has 0 aromatic heterocycles. The first-order valence-corrected chi connectivity index (χ1v) is 15.0. The molecular weight excluding hydrogens is 125 g/mol. The molecule has 0 spiro atoms. The van der Waals surface area contributed by atoms with Gasteiger partial charge < -0.3 is 0 Å². The van der Waals surface area contributed by atoms with Crippen molar-refractivity contribution in [1.29, 1.82) is 0 Å². The van der Waals surface area contributed by atoms with E-state index in [1.165, 1.54) is 8.77 Å². The molecule has 0 aromatic carbocycles. The summed E-state index contributed by atoms with van der Waals surface area (Å²) in [5, 5.41) is 0. The Hall–Kier alpha value is 0.760. The Bertz CT molecular complexity index is 10.8. The predicted octanol–water partition coefficient (Wildman–Crippen LogP) is -0.665. The van der Waals surface area contributed by atoms with E-state index in [9.17, 15) is 0 Å². The van der Waals surface area contributed by atoms with Gasteiger partial charge >= 0.3 is 34.0 Å². The van der Waals surface area contributed by atoms with Crippen molar-refractivity contribution in [3.05, 3.63) is 0 Å². The third-order valence-corrected chi connectivity index (χ3v) is 0. The van der Waals surface area contributed by atoms with Crippen LogP contribution in [0.15, 0.2) is 0 Å².